The highest BCUT2D eigenvalue weighted by atomic mass is 16.4. The Kier molecular flexibility index (Phi) is 6.20. The molecule has 0 aromatic heterocycles. The van der Waals surface area contributed by atoms with Crippen molar-refractivity contribution >= 4 is 12.0 Å². The number of hydrogen-bond donors (Lipinski definition) is 1. The fraction of sp³-hybridized carbons (Fsp3) is 0.714. The van der Waals surface area contributed by atoms with E-state index in [1.165, 1.54) is 0 Å². The van der Waals surface area contributed by atoms with Crippen LogP contribution < -0.4 is 0 Å². The van der Waals surface area contributed by atoms with Gasteiger partial charge in [0.2, 0.25) is 0 Å². The van der Waals surface area contributed by atoms with Gasteiger partial charge in [0, 0.05) is 26.1 Å². The molecule has 0 saturated carbocycles. The van der Waals surface area contributed by atoms with Crippen LogP contribution in [0.3, 0.4) is 0 Å². The second-order valence-electron chi connectivity index (χ2n) is 4.94. The summed E-state index contributed by atoms with van der Waals surface area (Å²) >= 11 is 0. The topological polar surface area (TPSA) is 60.9 Å². The third-order valence-corrected chi connectivity index (χ3v) is 3.39. The molecule has 0 bridgehead atoms. The summed E-state index contributed by atoms with van der Waals surface area (Å²) in [6.07, 6.45) is 7.87. The molecule has 0 atom stereocenters. The summed E-state index contributed by atoms with van der Waals surface area (Å²) in [5, 5.41) is 8.76. The van der Waals surface area contributed by atoms with Crippen molar-refractivity contribution in [3.8, 4) is 12.3 Å². The van der Waals surface area contributed by atoms with Gasteiger partial charge in [0.15, 0.2) is 0 Å². The van der Waals surface area contributed by atoms with Gasteiger partial charge in [-0.3, -0.25) is 4.79 Å². The number of likely N-dealkylation sites (tertiary alicyclic amines) is 1. The van der Waals surface area contributed by atoms with E-state index in [2.05, 4.69) is 5.92 Å². The quantitative estimate of drug-likeness (QED) is 0.769. The van der Waals surface area contributed by atoms with Gasteiger partial charge in [0.1, 0.15) is 0 Å². The van der Waals surface area contributed by atoms with E-state index in [9.17, 15) is 9.59 Å². The molecule has 1 aliphatic rings. The summed E-state index contributed by atoms with van der Waals surface area (Å²) in [5.74, 6) is 1.94. The molecular weight excluding hydrogens is 244 g/mol. The third kappa shape index (κ3) is 4.82. The number of piperidine rings is 1. The Bertz CT molecular complexity index is 354. The van der Waals surface area contributed by atoms with Gasteiger partial charge in [-0.05, 0) is 25.2 Å². The Hall–Kier alpha value is -1.70. The maximum Gasteiger partial charge on any atom is 0.320 e. The number of rotatable bonds is 5. The molecule has 1 saturated heterocycles. The Morgan fingerprint density at radius 3 is 2.53 bits per heavy atom. The molecule has 0 aromatic rings. The van der Waals surface area contributed by atoms with Crippen LogP contribution >= 0.6 is 0 Å². The molecule has 1 rings (SSSR count). The summed E-state index contributed by atoms with van der Waals surface area (Å²) in [7, 11) is 0. The van der Waals surface area contributed by atoms with Crippen molar-refractivity contribution < 1.29 is 14.7 Å². The summed E-state index contributed by atoms with van der Waals surface area (Å²) in [6.45, 7) is 4.26. The number of carbonyl (C=O) groups is 2. The van der Waals surface area contributed by atoms with E-state index < -0.39 is 5.97 Å². The van der Waals surface area contributed by atoms with Crippen molar-refractivity contribution in [3.63, 3.8) is 0 Å². The third-order valence-electron chi connectivity index (χ3n) is 3.39. The zero-order valence-corrected chi connectivity index (χ0v) is 11.5. The van der Waals surface area contributed by atoms with Crippen molar-refractivity contribution in [2.24, 2.45) is 5.92 Å². The summed E-state index contributed by atoms with van der Waals surface area (Å²) < 4.78 is 0. The van der Waals surface area contributed by atoms with Gasteiger partial charge in [0.25, 0.3) is 0 Å². The van der Waals surface area contributed by atoms with E-state index in [-0.39, 0.29) is 18.4 Å². The predicted octanol–water partition coefficient (Wildman–Crippen LogP) is 1.64. The highest BCUT2D eigenvalue weighted by Crippen LogP contribution is 2.21. The Morgan fingerprint density at radius 2 is 2.05 bits per heavy atom. The van der Waals surface area contributed by atoms with E-state index in [0.717, 1.165) is 19.3 Å². The van der Waals surface area contributed by atoms with Crippen LogP contribution in [-0.4, -0.2) is 53.1 Å². The fourth-order valence-electron chi connectivity index (χ4n) is 2.40. The molecule has 0 spiro atoms. The number of carboxylic acid groups (broad SMARTS) is 1. The zero-order valence-electron chi connectivity index (χ0n) is 11.5. The molecule has 5 nitrogen and oxygen atoms in total. The lowest BCUT2D eigenvalue weighted by Crippen LogP contribution is -2.47. The molecule has 1 aliphatic heterocycles. The minimum atomic E-state index is -0.760. The normalized spacial score (nSPS) is 15.9. The monoisotopic (exact) mass is 266 g/mol. The number of amides is 2. The number of carbonyl (C=O) groups excluding carboxylic acids is 1. The van der Waals surface area contributed by atoms with Crippen LogP contribution in [0, 0.1) is 18.3 Å². The van der Waals surface area contributed by atoms with Crippen molar-refractivity contribution in [1.82, 2.24) is 9.80 Å². The van der Waals surface area contributed by atoms with Gasteiger partial charge in [-0.1, -0.05) is 12.8 Å². The van der Waals surface area contributed by atoms with E-state index in [1.54, 1.807) is 9.80 Å². The predicted molar refractivity (Wildman–Crippen MR) is 72.6 cm³/mol. The highest BCUT2D eigenvalue weighted by molar-refractivity contribution is 5.75. The lowest BCUT2D eigenvalue weighted by Gasteiger charge is -2.34. The van der Waals surface area contributed by atoms with Crippen LogP contribution in [0.2, 0.25) is 0 Å². The summed E-state index contributed by atoms with van der Waals surface area (Å²) in [5.41, 5.74) is 0. The first-order chi connectivity index (χ1) is 9.08. The Morgan fingerprint density at radius 1 is 1.42 bits per heavy atom. The number of carboxylic acids is 1. The van der Waals surface area contributed by atoms with E-state index in [0.29, 0.717) is 26.2 Å². The first-order valence-electron chi connectivity index (χ1n) is 6.77. The first-order valence-corrected chi connectivity index (χ1v) is 6.77. The molecule has 0 aromatic carbocycles. The summed E-state index contributed by atoms with van der Waals surface area (Å²) in [6, 6.07) is -0.0198. The number of nitrogens with zero attached hydrogens (tertiary/aromatic N) is 2. The van der Waals surface area contributed by atoms with Gasteiger partial charge >= 0.3 is 12.0 Å². The smallest absolute Gasteiger partial charge is 0.320 e. The van der Waals surface area contributed by atoms with Crippen LogP contribution in [0.1, 0.15) is 32.6 Å². The zero-order chi connectivity index (χ0) is 14.3. The molecule has 1 fully saturated rings. The number of urea groups is 1. The maximum atomic E-state index is 12.2. The number of aliphatic carboxylic acids is 1. The van der Waals surface area contributed by atoms with Crippen LogP contribution in [0.15, 0.2) is 0 Å². The van der Waals surface area contributed by atoms with Crippen molar-refractivity contribution in [2.45, 2.75) is 32.6 Å². The Labute approximate surface area is 114 Å². The van der Waals surface area contributed by atoms with Crippen molar-refractivity contribution in [3.05, 3.63) is 0 Å². The van der Waals surface area contributed by atoms with Crippen LogP contribution in [0.5, 0.6) is 0 Å². The largest absolute Gasteiger partial charge is 0.481 e. The average Bonchev–Trinajstić information content (AvgIpc) is 2.38. The molecule has 0 radical (unpaired) electrons. The van der Waals surface area contributed by atoms with E-state index in [1.807, 2.05) is 6.92 Å². The first kappa shape index (κ1) is 15.4. The van der Waals surface area contributed by atoms with Crippen molar-refractivity contribution in [2.75, 3.05) is 26.2 Å². The Balaban J connectivity index is 2.47. The molecule has 2 amide bonds. The van der Waals surface area contributed by atoms with Crippen LogP contribution in [-0.2, 0) is 4.79 Å². The van der Waals surface area contributed by atoms with Gasteiger partial charge in [-0.15, -0.1) is 6.42 Å². The van der Waals surface area contributed by atoms with Gasteiger partial charge in [0.05, 0.1) is 6.54 Å². The minimum absolute atomic E-state index is 0.0198. The lowest BCUT2D eigenvalue weighted by atomic mass is 9.94. The molecule has 106 valence electrons. The van der Waals surface area contributed by atoms with E-state index >= 15 is 0 Å². The molecular formula is C14H22N2O3. The highest BCUT2D eigenvalue weighted by Gasteiger charge is 2.26. The van der Waals surface area contributed by atoms with Crippen molar-refractivity contribution in [1.29, 1.82) is 0 Å². The molecule has 5 heteroatoms. The summed E-state index contributed by atoms with van der Waals surface area (Å²) in [4.78, 5) is 26.4. The number of hydrogen-bond acceptors (Lipinski definition) is 2. The second-order valence-corrected chi connectivity index (χ2v) is 4.94. The second kappa shape index (κ2) is 7.67. The van der Waals surface area contributed by atoms with Gasteiger partial charge in [-0.25, -0.2) is 4.79 Å². The molecule has 1 N–H and O–H groups in total. The standard InChI is InChI=1S/C14H22N2O3/c1-3-7-15(8-4-2)14(19)16-9-5-12(6-10-16)11-13(17)18/h1,12H,4-11H2,2H3,(H,17,18). The molecule has 19 heavy (non-hydrogen) atoms. The van der Waals surface area contributed by atoms with E-state index in [4.69, 9.17) is 11.5 Å². The van der Waals surface area contributed by atoms with Crippen LogP contribution in [0.25, 0.3) is 0 Å². The minimum Gasteiger partial charge on any atom is -0.481 e. The lowest BCUT2D eigenvalue weighted by molar-refractivity contribution is -0.138. The molecule has 0 unspecified atom stereocenters. The van der Waals surface area contributed by atoms with Crippen LogP contribution in [0.4, 0.5) is 4.79 Å². The SMILES string of the molecule is C#CCN(CCC)C(=O)N1CCC(CC(=O)O)CC1. The molecule has 0 aliphatic carbocycles. The van der Waals surface area contributed by atoms with Gasteiger partial charge < -0.3 is 14.9 Å². The molecule has 1 heterocycles. The fourth-order valence-corrected chi connectivity index (χ4v) is 2.40. The van der Waals surface area contributed by atoms with Gasteiger partial charge in [-0.2, -0.15) is 0 Å². The maximum absolute atomic E-state index is 12.2. The number of terminal acetylenes is 1. The average molecular weight is 266 g/mol.